The predicted molar refractivity (Wildman–Crippen MR) is 78.2 cm³/mol. The Kier molecular flexibility index (Phi) is 4.90. The van der Waals surface area contributed by atoms with E-state index in [2.05, 4.69) is 26.2 Å². The highest BCUT2D eigenvalue weighted by Crippen LogP contribution is 2.30. The highest BCUT2D eigenvalue weighted by Gasteiger charge is 2.23. The molecule has 0 heterocycles. The van der Waals surface area contributed by atoms with Crippen LogP contribution >= 0.6 is 0 Å². The molecule has 3 heteroatoms. The molecule has 0 aliphatic rings. The molecular weight excluding hydrogens is 240 g/mol. The van der Waals surface area contributed by atoms with Crippen molar-refractivity contribution in [3.8, 4) is 0 Å². The molecule has 0 aliphatic heterocycles. The van der Waals surface area contributed by atoms with Crippen LogP contribution < -0.4 is 0 Å². The summed E-state index contributed by atoms with van der Waals surface area (Å²) in [5.41, 5.74) is 1.99. The second-order valence-corrected chi connectivity index (χ2v) is 11.3. The van der Waals surface area contributed by atoms with E-state index in [1.807, 2.05) is 30.3 Å². The second kappa shape index (κ2) is 6.00. The zero-order valence-corrected chi connectivity index (χ0v) is 12.7. The molecule has 0 aromatic heterocycles. The van der Waals surface area contributed by atoms with Gasteiger partial charge in [0.25, 0.3) is 0 Å². The number of ether oxygens (including phenoxy) is 1. The lowest BCUT2D eigenvalue weighted by Crippen LogP contribution is -2.23. The number of esters is 1. The van der Waals surface area contributed by atoms with Crippen LogP contribution in [-0.4, -0.2) is 14.0 Å². The van der Waals surface area contributed by atoms with Gasteiger partial charge in [-0.05, 0) is 17.2 Å². The van der Waals surface area contributed by atoms with Crippen molar-refractivity contribution in [3.05, 3.63) is 48.0 Å². The monoisotopic (exact) mass is 262 g/mol. The first-order valence-corrected chi connectivity index (χ1v) is 9.90. The van der Waals surface area contributed by atoms with Gasteiger partial charge >= 0.3 is 5.97 Å². The van der Waals surface area contributed by atoms with Gasteiger partial charge in [-0.15, -0.1) is 0 Å². The predicted octanol–water partition coefficient (Wildman–Crippen LogP) is 4.19. The summed E-state index contributed by atoms with van der Waals surface area (Å²) in [6.07, 6.45) is -0.310. The van der Waals surface area contributed by atoms with Gasteiger partial charge in [-0.2, -0.15) is 0 Å². The third kappa shape index (κ3) is 4.88. The first-order chi connectivity index (χ1) is 8.29. The van der Waals surface area contributed by atoms with Crippen molar-refractivity contribution < 1.29 is 9.53 Å². The van der Waals surface area contributed by atoms with Gasteiger partial charge < -0.3 is 4.74 Å². The van der Waals surface area contributed by atoms with Gasteiger partial charge in [0.2, 0.25) is 0 Å². The quantitative estimate of drug-likeness (QED) is 0.452. The van der Waals surface area contributed by atoms with Crippen molar-refractivity contribution >= 4 is 14.0 Å². The third-order valence-electron chi connectivity index (χ3n) is 2.51. The van der Waals surface area contributed by atoms with Crippen LogP contribution in [-0.2, 0) is 9.53 Å². The minimum atomic E-state index is -1.26. The van der Waals surface area contributed by atoms with E-state index in [1.54, 1.807) is 0 Å². The van der Waals surface area contributed by atoms with Crippen molar-refractivity contribution in [1.29, 1.82) is 0 Å². The minimum absolute atomic E-state index is 0.263. The summed E-state index contributed by atoms with van der Waals surface area (Å²) in [7, 11) is -1.26. The highest BCUT2D eigenvalue weighted by molar-refractivity contribution is 6.76. The van der Waals surface area contributed by atoms with Gasteiger partial charge in [-0.1, -0.05) is 56.6 Å². The van der Waals surface area contributed by atoms with Crippen molar-refractivity contribution in [1.82, 2.24) is 0 Å². The molecule has 1 rings (SSSR count). The summed E-state index contributed by atoms with van der Waals surface area (Å²) in [6.45, 7) is 12.4. The standard InChI is InChI=1S/C15H22O2Si/c1-12(11-18(3,4)5)15(17-13(2)16)14-9-7-6-8-10-14/h6-10,15H,1,11H2,2-5H3. The number of rotatable bonds is 5. The third-order valence-corrected chi connectivity index (χ3v) is 4.03. The number of benzene rings is 1. The lowest BCUT2D eigenvalue weighted by atomic mass is 10.0. The lowest BCUT2D eigenvalue weighted by Gasteiger charge is -2.24. The summed E-state index contributed by atoms with van der Waals surface area (Å²) >= 11 is 0. The van der Waals surface area contributed by atoms with Gasteiger partial charge in [0, 0.05) is 15.0 Å². The molecule has 0 amide bonds. The normalized spacial score (nSPS) is 12.9. The Morgan fingerprint density at radius 3 is 2.28 bits per heavy atom. The first kappa shape index (κ1) is 14.7. The molecule has 0 saturated carbocycles. The molecule has 0 N–H and O–H groups in total. The Bertz CT molecular complexity index is 418. The molecule has 18 heavy (non-hydrogen) atoms. The number of carbonyl (C=O) groups is 1. The van der Waals surface area contributed by atoms with Crippen LogP contribution in [0.15, 0.2) is 42.5 Å². The lowest BCUT2D eigenvalue weighted by molar-refractivity contribution is -0.144. The molecule has 0 aliphatic carbocycles. The van der Waals surface area contributed by atoms with Crippen molar-refractivity contribution in [2.45, 2.75) is 38.7 Å². The molecule has 2 nitrogen and oxygen atoms in total. The van der Waals surface area contributed by atoms with E-state index in [1.165, 1.54) is 6.92 Å². The summed E-state index contributed by atoms with van der Waals surface area (Å²) < 4.78 is 5.43. The maximum absolute atomic E-state index is 11.2. The van der Waals surface area contributed by atoms with Crippen LogP contribution in [0, 0.1) is 0 Å². The maximum Gasteiger partial charge on any atom is 0.303 e. The minimum Gasteiger partial charge on any atom is -0.453 e. The topological polar surface area (TPSA) is 26.3 Å². The van der Waals surface area contributed by atoms with E-state index in [0.717, 1.165) is 17.2 Å². The van der Waals surface area contributed by atoms with Crippen LogP contribution in [0.4, 0.5) is 0 Å². The molecule has 1 aromatic carbocycles. The van der Waals surface area contributed by atoms with E-state index >= 15 is 0 Å². The zero-order chi connectivity index (χ0) is 13.8. The molecule has 0 spiro atoms. The van der Waals surface area contributed by atoms with Gasteiger partial charge in [-0.25, -0.2) is 0 Å². The fraction of sp³-hybridized carbons (Fsp3) is 0.400. The largest absolute Gasteiger partial charge is 0.453 e. The van der Waals surface area contributed by atoms with Gasteiger partial charge in [0.1, 0.15) is 6.10 Å². The van der Waals surface area contributed by atoms with E-state index in [-0.39, 0.29) is 12.1 Å². The first-order valence-electron chi connectivity index (χ1n) is 6.19. The molecule has 98 valence electrons. The SMILES string of the molecule is C=C(C[Si](C)(C)C)C(OC(C)=O)c1ccccc1. The summed E-state index contributed by atoms with van der Waals surface area (Å²) in [4.78, 5) is 11.2. The van der Waals surface area contributed by atoms with Crippen molar-refractivity contribution in [2.24, 2.45) is 0 Å². The number of hydrogen-bond donors (Lipinski definition) is 0. The Labute approximate surface area is 111 Å². The molecule has 0 saturated heterocycles. The van der Waals surface area contributed by atoms with Crippen LogP contribution in [0.3, 0.4) is 0 Å². The Morgan fingerprint density at radius 2 is 1.83 bits per heavy atom. The number of carbonyl (C=O) groups excluding carboxylic acids is 1. The number of hydrogen-bond acceptors (Lipinski definition) is 2. The highest BCUT2D eigenvalue weighted by atomic mass is 28.3. The molecule has 1 atom stereocenters. The Hall–Kier alpha value is -1.35. The summed E-state index contributed by atoms with van der Waals surface area (Å²) in [5, 5.41) is 0. The fourth-order valence-electron chi connectivity index (χ4n) is 1.95. The smallest absolute Gasteiger partial charge is 0.303 e. The summed E-state index contributed by atoms with van der Waals surface area (Å²) in [6, 6.07) is 10.8. The second-order valence-electron chi connectivity index (χ2n) is 5.80. The molecule has 0 fully saturated rings. The average Bonchev–Trinajstić information content (AvgIpc) is 2.24. The summed E-state index contributed by atoms with van der Waals surface area (Å²) in [5.74, 6) is -0.263. The van der Waals surface area contributed by atoms with Crippen LogP contribution in [0.25, 0.3) is 0 Å². The zero-order valence-electron chi connectivity index (χ0n) is 11.7. The maximum atomic E-state index is 11.2. The Balaban J connectivity index is 2.92. The van der Waals surface area contributed by atoms with Crippen LogP contribution in [0.5, 0.6) is 0 Å². The molecule has 1 unspecified atom stereocenters. The van der Waals surface area contributed by atoms with Gasteiger partial charge in [0.15, 0.2) is 0 Å². The van der Waals surface area contributed by atoms with Gasteiger partial charge in [-0.3, -0.25) is 4.79 Å². The van der Waals surface area contributed by atoms with E-state index < -0.39 is 8.07 Å². The van der Waals surface area contributed by atoms with Gasteiger partial charge in [0.05, 0.1) is 0 Å². The fourth-order valence-corrected chi connectivity index (χ4v) is 3.50. The van der Waals surface area contributed by atoms with E-state index in [9.17, 15) is 4.79 Å². The van der Waals surface area contributed by atoms with Crippen molar-refractivity contribution in [2.75, 3.05) is 0 Å². The molecular formula is C15H22O2Si. The molecule has 0 bridgehead atoms. The average molecular weight is 262 g/mol. The van der Waals surface area contributed by atoms with Crippen molar-refractivity contribution in [3.63, 3.8) is 0 Å². The van der Waals surface area contributed by atoms with E-state index in [4.69, 9.17) is 4.74 Å². The molecule has 1 aromatic rings. The van der Waals surface area contributed by atoms with E-state index in [0.29, 0.717) is 0 Å². The van der Waals surface area contributed by atoms with Crippen LogP contribution in [0.2, 0.25) is 25.7 Å². The Morgan fingerprint density at radius 1 is 1.28 bits per heavy atom. The molecule has 0 radical (unpaired) electrons. The van der Waals surface area contributed by atoms with Crippen LogP contribution in [0.1, 0.15) is 18.6 Å².